The number of nitro benzene ring substituents is 1. The van der Waals surface area contributed by atoms with Gasteiger partial charge in [-0.1, -0.05) is 22.0 Å². The number of amides is 1. The lowest BCUT2D eigenvalue weighted by atomic mass is 10.1. The summed E-state index contributed by atoms with van der Waals surface area (Å²) in [5.41, 5.74) is 0.843. The van der Waals surface area contributed by atoms with Gasteiger partial charge >= 0.3 is 5.97 Å². The lowest BCUT2D eigenvalue weighted by molar-refractivity contribution is -0.384. The Hall–Kier alpha value is -3.77. The molecule has 0 saturated heterocycles. The second kappa shape index (κ2) is 8.88. The zero-order chi connectivity index (χ0) is 24.6. The smallest absolute Gasteiger partial charge is 0.337 e. The van der Waals surface area contributed by atoms with Crippen molar-refractivity contribution in [2.24, 2.45) is 0 Å². The van der Waals surface area contributed by atoms with Crippen LogP contribution >= 0.6 is 15.9 Å². The molecule has 12 heteroatoms. The lowest BCUT2D eigenvalue weighted by Gasteiger charge is -2.19. The maximum Gasteiger partial charge on any atom is 0.337 e. The predicted octanol–water partition coefficient (Wildman–Crippen LogP) is 4.06. The largest absolute Gasteiger partial charge is 0.478 e. The molecule has 1 aliphatic heterocycles. The average molecular weight is 546 g/mol. The van der Waals surface area contributed by atoms with Gasteiger partial charge in [-0.15, -0.1) is 0 Å². The van der Waals surface area contributed by atoms with E-state index in [1.165, 1.54) is 48.5 Å². The maximum atomic E-state index is 13.2. The number of fused-ring (bicyclic) bond motifs is 1. The summed E-state index contributed by atoms with van der Waals surface area (Å²) in [7, 11) is -4.02. The Kier molecular flexibility index (Phi) is 6.11. The van der Waals surface area contributed by atoms with Gasteiger partial charge in [-0.25, -0.2) is 13.2 Å². The molecule has 10 nitrogen and oxygen atoms in total. The minimum Gasteiger partial charge on any atom is -0.478 e. The van der Waals surface area contributed by atoms with Crippen molar-refractivity contribution >= 4 is 54.9 Å². The van der Waals surface area contributed by atoms with E-state index < -0.39 is 26.8 Å². The Labute approximate surface area is 202 Å². The molecule has 34 heavy (non-hydrogen) atoms. The van der Waals surface area contributed by atoms with Crippen LogP contribution in [-0.2, 0) is 16.4 Å². The number of nitro groups is 1. The van der Waals surface area contributed by atoms with Crippen molar-refractivity contribution in [3.63, 3.8) is 0 Å². The first-order chi connectivity index (χ1) is 16.1. The van der Waals surface area contributed by atoms with E-state index in [4.69, 9.17) is 0 Å². The van der Waals surface area contributed by atoms with Crippen LogP contribution in [0.15, 0.2) is 70.0 Å². The van der Waals surface area contributed by atoms with Crippen molar-refractivity contribution in [1.82, 2.24) is 0 Å². The first-order valence-corrected chi connectivity index (χ1v) is 12.1. The van der Waals surface area contributed by atoms with Crippen molar-refractivity contribution in [2.75, 3.05) is 16.2 Å². The van der Waals surface area contributed by atoms with E-state index in [9.17, 15) is 33.2 Å². The summed E-state index contributed by atoms with van der Waals surface area (Å²) in [5.74, 6) is -1.83. The van der Waals surface area contributed by atoms with Crippen molar-refractivity contribution in [2.45, 2.75) is 11.3 Å². The van der Waals surface area contributed by atoms with Crippen LogP contribution < -0.4 is 9.62 Å². The Morgan fingerprint density at radius 2 is 1.76 bits per heavy atom. The molecule has 0 fully saturated rings. The summed E-state index contributed by atoms with van der Waals surface area (Å²) >= 11 is 3.18. The van der Waals surface area contributed by atoms with Gasteiger partial charge in [-0.2, -0.15) is 0 Å². The van der Waals surface area contributed by atoms with Crippen molar-refractivity contribution < 1.29 is 28.0 Å². The highest BCUT2D eigenvalue weighted by atomic mass is 79.9. The second-order valence-electron chi connectivity index (χ2n) is 7.37. The average Bonchev–Trinajstić information content (AvgIpc) is 3.24. The van der Waals surface area contributed by atoms with Crippen LogP contribution in [0.4, 0.5) is 17.1 Å². The molecule has 1 aliphatic rings. The molecule has 0 radical (unpaired) electrons. The minimum absolute atomic E-state index is 0.0849. The topological polar surface area (TPSA) is 147 Å². The molecular formula is C22H16BrN3O7S. The molecule has 4 rings (SSSR count). The Morgan fingerprint density at radius 1 is 1.06 bits per heavy atom. The molecule has 3 aromatic carbocycles. The number of carboxylic acids is 1. The van der Waals surface area contributed by atoms with Crippen molar-refractivity contribution in [3.05, 3.63) is 91.9 Å². The highest BCUT2D eigenvalue weighted by Gasteiger charge is 2.32. The summed E-state index contributed by atoms with van der Waals surface area (Å²) in [6.07, 6.45) is 0.423. The first kappa shape index (κ1) is 23.4. The van der Waals surface area contributed by atoms with E-state index in [-0.39, 0.29) is 39.6 Å². The van der Waals surface area contributed by atoms with Crippen LogP contribution in [0.5, 0.6) is 0 Å². The van der Waals surface area contributed by atoms with Gasteiger partial charge in [0.05, 0.1) is 26.8 Å². The third kappa shape index (κ3) is 4.37. The molecule has 3 aromatic rings. The summed E-state index contributed by atoms with van der Waals surface area (Å²) in [6.45, 7) is 0.141. The SMILES string of the molecule is O=C(Nc1ccc(Br)cc1C(=O)O)c1ccc(S(=O)(=O)N2CCc3ccc([N+](=O)[O-])cc32)cc1. The second-order valence-corrected chi connectivity index (χ2v) is 10.1. The highest BCUT2D eigenvalue weighted by Crippen LogP contribution is 2.35. The van der Waals surface area contributed by atoms with Crippen LogP contribution in [0.2, 0.25) is 0 Å². The standard InChI is InChI=1S/C22H16BrN3O7S/c23-15-4-8-19(18(11-15)22(28)29)24-21(27)14-2-6-17(7-3-14)34(32,33)25-10-9-13-1-5-16(26(30)31)12-20(13)25/h1-8,11-12H,9-10H2,(H,24,27)(H,28,29). The van der Waals surface area contributed by atoms with Crippen LogP contribution in [0, 0.1) is 10.1 Å². The zero-order valence-corrected chi connectivity index (χ0v) is 19.7. The number of non-ortho nitro benzene ring substituents is 1. The van der Waals surface area contributed by atoms with Gasteiger partial charge < -0.3 is 10.4 Å². The number of nitrogens with one attached hydrogen (secondary N) is 1. The zero-order valence-electron chi connectivity index (χ0n) is 17.3. The Balaban J connectivity index is 1.58. The molecule has 0 saturated carbocycles. The number of nitrogens with zero attached hydrogens (tertiary/aromatic N) is 2. The number of halogens is 1. The summed E-state index contributed by atoms with van der Waals surface area (Å²) in [6, 6.07) is 13.6. The molecule has 0 atom stereocenters. The van der Waals surface area contributed by atoms with Gasteiger partial charge in [-0.3, -0.25) is 19.2 Å². The Morgan fingerprint density at radius 3 is 2.41 bits per heavy atom. The summed E-state index contributed by atoms with van der Waals surface area (Å²) < 4.78 is 28.0. The van der Waals surface area contributed by atoms with Crippen molar-refractivity contribution in [3.8, 4) is 0 Å². The summed E-state index contributed by atoms with van der Waals surface area (Å²) in [4.78, 5) is 34.5. The van der Waals surface area contributed by atoms with Gasteiger partial charge in [0, 0.05) is 28.7 Å². The van der Waals surface area contributed by atoms with Gasteiger partial charge in [0.1, 0.15) is 0 Å². The summed E-state index contributed by atoms with van der Waals surface area (Å²) in [5, 5.41) is 23.0. The first-order valence-electron chi connectivity index (χ1n) is 9.82. The molecule has 0 bridgehead atoms. The molecular weight excluding hydrogens is 530 g/mol. The van der Waals surface area contributed by atoms with E-state index in [1.807, 2.05) is 0 Å². The fourth-order valence-electron chi connectivity index (χ4n) is 3.60. The van der Waals surface area contributed by atoms with Crippen molar-refractivity contribution in [1.29, 1.82) is 0 Å². The molecule has 0 spiro atoms. The number of aromatic carboxylic acids is 1. The van der Waals surface area contributed by atoms with Gasteiger partial charge in [0.15, 0.2) is 0 Å². The molecule has 0 aromatic heterocycles. The monoisotopic (exact) mass is 545 g/mol. The number of carboxylic acid groups (broad SMARTS) is 1. The van der Waals surface area contributed by atoms with E-state index in [2.05, 4.69) is 21.2 Å². The number of hydrogen-bond donors (Lipinski definition) is 2. The van der Waals surface area contributed by atoms with E-state index in [1.54, 1.807) is 12.1 Å². The number of hydrogen-bond acceptors (Lipinski definition) is 6. The number of carbonyl (C=O) groups is 2. The molecule has 0 unspecified atom stereocenters. The van der Waals surface area contributed by atoms with Crippen LogP contribution in [0.3, 0.4) is 0 Å². The molecule has 1 heterocycles. The quantitative estimate of drug-likeness (QED) is 0.350. The molecule has 174 valence electrons. The fraction of sp³-hybridized carbons (Fsp3) is 0.0909. The van der Waals surface area contributed by atoms with E-state index in [0.717, 1.165) is 4.31 Å². The van der Waals surface area contributed by atoms with Crippen LogP contribution in [0.25, 0.3) is 0 Å². The highest BCUT2D eigenvalue weighted by molar-refractivity contribution is 9.10. The molecule has 1 amide bonds. The number of sulfonamides is 1. The molecule has 2 N–H and O–H groups in total. The molecule has 0 aliphatic carbocycles. The number of carbonyl (C=O) groups excluding carboxylic acids is 1. The van der Waals surface area contributed by atoms with Crippen LogP contribution in [0.1, 0.15) is 26.3 Å². The third-order valence-electron chi connectivity index (χ3n) is 5.30. The predicted molar refractivity (Wildman–Crippen MR) is 127 cm³/mol. The number of rotatable bonds is 6. The third-order valence-corrected chi connectivity index (χ3v) is 7.62. The fourth-order valence-corrected chi connectivity index (χ4v) is 5.46. The number of anilines is 2. The van der Waals surface area contributed by atoms with Gasteiger partial charge in [-0.05, 0) is 54.4 Å². The van der Waals surface area contributed by atoms with Crippen LogP contribution in [-0.4, -0.2) is 36.9 Å². The normalized spacial score (nSPS) is 12.8. The van der Waals surface area contributed by atoms with Gasteiger partial charge in [0.25, 0.3) is 21.6 Å². The minimum atomic E-state index is -4.02. The van der Waals surface area contributed by atoms with Gasteiger partial charge in [0.2, 0.25) is 0 Å². The lowest BCUT2D eigenvalue weighted by Crippen LogP contribution is -2.29. The van der Waals surface area contributed by atoms with E-state index >= 15 is 0 Å². The van der Waals surface area contributed by atoms with E-state index in [0.29, 0.717) is 16.5 Å². The maximum absolute atomic E-state index is 13.2. The number of benzene rings is 3. The Bertz CT molecular complexity index is 1440.